The van der Waals surface area contributed by atoms with E-state index in [0.717, 1.165) is 0 Å². The van der Waals surface area contributed by atoms with Crippen LogP contribution in [-0.2, 0) is 9.84 Å². The van der Waals surface area contributed by atoms with Crippen LogP contribution in [0.3, 0.4) is 0 Å². The number of sulfone groups is 1. The van der Waals surface area contributed by atoms with E-state index in [9.17, 15) is 8.42 Å². The summed E-state index contributed by atoms with van der Waals surface area (Å²) >= 11 is 0. The van der Waals surface area contributed by atoms with Crippen molar-refractivity contribution in [2.75, 3.05) is 5.75 Å². The molecular weight excluding hydrogens is 196 g/mol. The van der Waals surface area contributed by atoms with Crippen molar-refractivity contribution in [2.24, 2.45) is 5.41 Å². The second-order valence-electron chi connectivity index (χ2n) is 4.63. The molecule has 0 atom stereocenters. The van der Waals surface area contributed by atoms with Crippen molar-refractivity contribution < 1.29 is 8.42 Å². The quantitative estimate of drug-likeness (QED) is 0.755. The summed E-state index contributed by atoms with van der Waals surface area (Å²) in [6.45, 7) is 5.77. The molecule has 0 radical (unpaired) electrons. The van der Waals surface area contributed by atoms with Gasteiger partial charge in [0.2, 0.25) is 0 Å². The Morgan fingerprint density at radius 1 is 1.07 bits per heavy atom. The first-order chi connectivity index (χ1) is 6.31. The Morgan fingerprint density at radius 3 is 2.00 bits per heavy atom. The van der Waals surface area contributed by atoms with E-state index in [2.05, 4.69) is 0 Å². The van der Waals surface area contributed by atoms with Gasteiger partial charge in [-0.2, -0.15) is 0 Å². The van der Waals surface area contributed by atoms with Gasteiger partial charge in [-0.15, -0.1) is 0 Å². The third-order valence-corrected chi connectivity index (χ3v) is 3.96. The molecule has 78 valence electrons. The van der Waals surface area contributed by atoms with Gasteiger partial charge in [0.25, 0.3) is 0 Å². The van der Waals surface area contributed by atoms with Gasteiger partial charge in [-0.3, -0.25) is 0 Å². The van der Waals surface area contributed by atoms with E-state index in [1.54, 1.807) is 24.3 Å². The second-order valence-corrected chi connectivity index (χ2v) is 6.62. The molecule has 1 rings (SSSR count). The lowest BCUT2D eigenvalue weighted by Crippen LogP contribution is -2.20. The molecule has 0 N–H and O–H groups in total. The van der Waals surface area contributed by atoms with E-state index in [-0.39, 0.29) is 11.2 Å². The number of benzene rings is 1. The lowest BCUT2D eigenvalue weighted by Gasteiger charge is -2.17. The van der Waals surface area contributed by atoms with Gasteiger partial charge in [0, 0.05) is 0 Å². The van der Waals surface area contributed by atoms with Crippen LogP contribution in [0, 0.1) is 5.41 Å². The van der Waals surface area contributed by atoms with E-state index in [1.807, 2.05) is 26.8 Å². The van der Waals surface area contributed by atoms with Crippen LogP contribution >= 0.6 is 0 Å². The Kier molecular flexibility index (Phi) is 3.00. The van der Waals surface area contributed by atoms with Crippen molar-refractivity contribution in [1.29, 1.82) is 0 Å². The molecule has 0 unspecified atom stereocenters. The highest BCUT2D eigenvalue weighted by Crippen LogP contribution is 2.21. The topological polar surface area (TPSA) is 34.1 Å². The van der Waals surface area contributed by atoms with Gasteiger partial charge in [-0.25, -0.2) is 8.42 Å². The lowest BCUT2D eigenvalue weighted by atomic mass is 10.0. The highest BCUT2D eigenvalue weighted by atomic mass is 32.2. The molecule has 14 heavy (non-hydrogen) atoms. The van der Waals surface area contributed by atoms with E-state index in [1.165, 1.54) is 0 Å². The molecule has 3 heteroatoms. The molecule has 0 aliphatic heterocycles. The van der Waals surface area contributed by atoms with Crippen molar-refractivity contribution in [3.05, 3.63) is 30.3 Å². The van der Waals surface area contributed by atoms with Crippen LogP contribution < -0.4 is 0 Å². The maximum atomic E-state index is 11.8. The summed E-state index contributed by atoms with van der Waals surface area (Å²) in [5.41, 5.74) is -0.200. The molecule has 1 aromatic carbocycles. The highest BCUT2D eigenvalue weighted by molar-refractivity contribution is 7.91. The normalized spacial score (nSPS) is 12.8. The van der Waals surface area contributed by atoms with E-state index in [4.69, 9.17) is 0 Å². The van der Waals surface area contributed by atoms with Crippen LogP contribution in [0.4, 0.5) is 0 Å². The molecule has 0 saturated heterocycles. The Labute approximate surface area is 85.9 Å². The van der Waals surface area contributed by atoms with Crippen LogP contribution in [0.15, 0.2) is 35.2 Å². The van der Waals surface area contributed by atoms with Crippen molar-refractivity contribution in [2.45, 2.75) is 25.7 Å². The third-order valence-electron chi connectivity index (χ3n) is 1.73. The summed E-state index contributed by atoms with van der Waals surface area (Å²) in [7, 11) is -3.12. The zero-order valence-electron chi connectivity index (χ0n) is 8.82. The predicted molar refractivity (Wildman–Crippen MR) is 57.9 cm³/mol. The summed E-state index contributed by atoms with van der Waals surface area (Å²) in [5, 5.41) is 0. The number of hydrogen-bond acceptors (Lipinski definition) is 2. The molecule has 0 amide bonds. The largest absolute Gasteiger partial charge is 0.224 e. The van der Waals surface area contributed by atoms with Crippen LogP contribution in [0.5, 0.6) is 0 Å². The lowest BCUT2D eigenvalue weighted by molar-refractivity contribution is 0.462. The molecule has 2 nitrogen and oxygen atoms in total. The van der Waals surface area contributed by atoms with Crippen molar-refractivity contribution in [1.82, 2.24) is 0 Å². The van der Waals surface area contributed by atoms with Crippen LogP contribution in [-0.4, -0.2) is 14.2 Å². The number of hydrogen-bond donors (Lipinski definition) is 0. The van der Waals surface area contributed by atoms with Gasteiger partial charge >= 0.3 is 0 Å². The maximum absolute atomic E-state index is 11.8. The minimum atomic E-state index is -3.12. The molecular formula is C11H16O2S. The monoisotopic (exact) mass is 212 g/mol. The predicted octanol–water partition coefficient (Wildman–Crippen LogP) is 2.51. The Hall–Kier alpha value is -0.830. The first kappa shape index (κ1) is 11.2. The molecule has 0 aliphatic rings. The van der Waals surface area contributed by atoms with Gasteiger partial charge in [-0.1, -0.05) is 39.0 Å². The Bertz CT molecular complexity index is 385. The van der Waals surface area contributed by atoms with Crippen molar-refractivity contribution in [3.63, 3.8) is 0 Å². The zero-order valence-corrected chi connectivity index (χ0v) is 9.64. The summed E-state index contributed by atoms with van der Waals surface area (Å²) in [5.74, 6) is 0.185. The van der Waals surface area contributed by atoms with E-state index in [0.29, 0.717) is 4.90 Å². The minimum Gasteiger partial charge on any atom is -0.224 e. The fourth-order valence-corrected chi connectivity index (χ4v) is 3.16. The smallest absolute Gasteiger partial charge is 0.178 e. The molecule has 1 aromatic rings. The first-order valence-corrected chi connectivity index (χ1v) is 6.24. The fraction of sp³-hybridized carbons (Fsp3) is 0.455. The van der Waals surface area contributed by atoms with E-state index < -0.39 is 9.84 Å². The summed E-state index contributed by atoms with van der Waals surface area (Å²) in [4.78, 5) is 0.412. The summed E-state index contributed by atoms with van der Waals surface area (Å²) in [6.07, 6.45) is 0. The Balaban J connectivity index is 2.99. The Morgan fingerprint density at radius 2 is 1.57 bits per heavy atom. The zero-order chi connectivity index (χ0) is 10.8. The van der Waals surface area contributed by atoms with Gasteiger partial charge < -0.3 is 0 Å². The molecule has 0 spiro atoms. The van der Waals surface area contributed by atoms with E-state index >= 15 is 0 Å². The van der Waals surface area contributed by atoms with Gasteiger partial charge in [0.15, 0.2) is 9.84 Å². The summed E-state index contributed by atoms with van der Waals surface area (Å²) in [6, 6.07) is 8.59. The first-order valence-electron chi connectivity index (χ1n) is 4.59. The van der Waals surface area contributed by atoms with Crippen LogP contribution in [0.2, 0.25) is 0 Å². The average Bonchev–Trinajstić information content (AvgIpc) is 2.01. The molecule has 0 heterocycles. The van der Waals surface area contributed by atoms with Gasteiger partial charge in [0.1, 0.15) is 0 Å². The van der Waals surface area contributed by atoms with Crippen molar-refractivity contribution in [3.8, 4) is 0 Å². The second kappa shape index (κ2) is 3.73. The molecule has 0 fully saturated rings. The van der Waals surface area contributed by atoms with Crippen molar-refractivity contribution >= 4 is 9.84 Å². The molecule has 0 bridgehead atoms. The highest BCUT2D eigenvalue weighted by Gasteiger charge is 2.22. The fourth-order valence-electron chi connectivity index (χ4n) is 1.28. The van der Waals surface area contributed by atoms with Gasteiger partial charge in [-0.05, 0) is 17.5 Å². The third kappa shape index (κ3) is 3.14. The average molecular weight is 212 g/mol. The van der Waals surface area contributed by atoms with Crippen LogP contribution in [0.1, 0.15) is 20.8 Å². The molecule has 0 aliphatic carbocycles. The molecule has 0 saturated carbocycles. The SMILES string of the molecule is CC(C)(C)CS(=O)(=O)c1ccccc1. The standard InChI is InChI=1S/C11H16O2S/c1-11(2,3)9-14(12,13)10-7-5-4-6-8-10/h4-8H,9H2,1-3H3. The maximum Gasteiger partial charge on any atom is 0.178 e. The summed E-state index contributed by atoms with van der Waals surface area (Å²) < 4.78 is 23.7. The minimum absolute atomic E-state index is 0.185. The van der Waals surface area contributed by atoms with Crippen LogP contribution in [0.25, 0.3) is 0 Å². The number of rotatable bonds is 2. The van der Waals surface area contributed by atoms with Gasteiger partial charge in [0.05, 0.1) is 10.6 Å². The molecule has 0 aromatic heterocycles.